The second kappa shape index (κ2) is 4.66. The van der Waals surface area contributed by atoms with Crippen LogP contribution >= 0.6 is 11.6 Å². The average molecular weight is 277 g/mol. The topological polar surface area (TPSA) is 56.7 Å². The van der Waals surface area contributed by atoms with Crippen molar-refractivity contribution in [2.75, 3.05) is 0 Å². The number of fused-ring (bicyclic) bond motifs is 1. The molecule has 0 aliphatic carbocycles. The molecule has 19 heavy (non-hydrogen) atoms. The molecule has 0 amide bonds. The summed E-state index contributed by atoms with van der Waals surface area (Å²) < 4.78 is 7.18. The van der Waals surface area contributed by atoms with Gasteiger partial charge >= 0.3 is 0 Å². The zero-order valence-electron chi connectivity index (χ0n) is 10.7. The Balaban J connectivity index is 2.12. The SMILES string of the molecule is Cc1noc(Cn2c(C(C)Cl)nc3ccccc32)n1. The first-order chi connectivity index (χ1) is 9.15. The highest BCUT2D eigenvalue weighted by molar-refractivity contribution is 6.20. The fourth-order valence-electron chi connectivity index (χ4n) is 2.10. The molecule has 98 valence electrons. The van der Waals surface area contributed by atoms with Crippen LogP contribution in [0.1, 0.15) is 29.8 Å². The number of rotatable bonds is 3. The van der Waals surface area contributed by atoms with E-state index in [0.717, 1.165) is 16.9 Å². The van der Waals surface area contributed by atoms with Crippen molar-refractivity contribution < 1.29 is 4.52 Å². The molecule has 0 radical (unpaired) electrons. The van der Waals surface area contributed by atoms with Crippen molar-refractivity contribution in [3.8, 4) is 0 Å². The molecule has 5 nitrogen and oxygen atoms in total. The van der Waals surface area contributed by atoms with Gasteiger partial charge in [-0.05, 0) is 26.0 Å². The Labute approximate surface area is 115 Å². The van der Waals surface area contributed by atoms with Crippen LogP contribution in [-0.2, 0) is 6.54 Å². The zero-order chi connectivity index (χ0) is 13.4. The first kappa shape index (κ1) is 12.2. The van der Waals surface area contributed by atoms with Crippen molar-refractivity contribution >= 4 is 22.6 Å². The van der Waals surface area contributed by atoms with E-state index in [1.165, 1.54) is 0 Å². The van der Waals surface area contributed by atoms with E-state index in [4.69, 9.17) is 16.1 Å². The van der Waals surface area contributed by atoms with Crippen molar-refractivity contribution in [1.29, 1.82) is 0 Å². The van der Waals surface area contributed by atoms with Crippen LogP contribution in [0.2, 0.25) is 0 Å². The Hall–Kier alpha value is -1.88. The molecule has 1 aromatic carbocycles. The van der Waals surface area contributed by atoms with E-state index >= 15 is 0 Å². The highest BCUT2D eigenvalue weighted by Gasteiger charge is 2.16. The molecule has 3 rings (SSSR count). The second-order valence-electron chi connectivity index (χ2n) is 4.40. The Kier molecular flexibility index (Phi) is 2.98. The highest BCUT2D eigenvalue weighted by atomic mass is 35.5. The van der Waals surface area contributed by atoms with Gasteiger partial charge in [0.2, 0.25) is 5.89 Å². The van der Waals surface area contributed by atoms with E-state index in [1.807, 2.05) is 35.8 Å². The Morgan fingerprint density at radius 2 is 2.11 bits per heavy atom. The third kappa shape index (κ3) is 2.21. The predicted octanol–water partition coefficient (Wildman–Crippen LogP) is 3.08. The molecule has 2 aromatic heterocycles. The average Bonchev–Trinajstić information content (AvgIpc) is 2.95. The molecular formula is C13H13ClN4O. The third-order valence-electron chi connectivity index (χ3n) is 2.90. The van der Waals surface area contributed by atoms with Crippen LogP contribution < -0.4 is 0 Å². The van der Waals surface area contributed by atoms with Gasteiger partial charge in [-0.2, -0.15) is 4.98 Å². The maximum Gasteiger partial charge on any atom is 0.246 e. The van der Waals surface area contributed by atoms with Crippen molar-refractivity contribution in [3.63, 3.8) is 0 Å². The number of aromatic nitrogens is 4. The number of benzene rings is 1. The van der Waals surface area contributed by atoms with Gasteiger partial charge in [0.25, 0.3) is 0 Å². The summed E-state index contributed by atoms with van der Waals surface area (Å²) in [6, 6.07) is 7.91. The molecule has 0 fully saturated rings. The molecule has 0 bridgehead atoms. The molecule has 0 saturated carbocycles. The number of imidazole rings is 1. The number of hydrogen-bond acceptors (Lipinski definition) is 4. The van der Waals surface area contributed by atoms with Gasteiger partial charge in [0.15, 0.2) is 5.82 Å². The van der Waals surface area contributed by atoms with Crippen LogP contribution in [0.25, 0.3) is 11.0 Å². The van der Waals surface area contributed by atoms with Crippen molar-refractivity contribution in [2.45, 2.75) is 25.8 Å². The summed E-state index contributed by atoms with van der Waals surface area (Å²) in [7, 11) is 0. The number of halogens is 1. The fraction of sp³-hybridized carbons (Fsp3) is 0.308. The molecular weight excluding hydrogens is 264 g/mol. The van der Waals surface area contributed by atoms with E-state index in [9.17, 15) is 0 Å². The van der Waals surface area contributed by atoms with Gasteiger partial charge in [0.05, 0.1) is 16.4 Å². The lowest BCUT2D eigenvalue weighted by atomic mass is 10.3. The maximum absolute atomic E-state index is 6.20. The molecule has 2 heterocycles. The molecule has 0 saturated heterocycles. The van der Waals surface area contributed by atoms with Crippen LogP contribution in [0.5, 0.6) is 0 Å². The lowest BCUT2D eigenvalue weighted by Gasteiger charge is -2.07. The van der Waals surface area contributed by atoms with Crippen LogP contribution in [0, 0.1) is 6.92 Å². The summed E-state index contributed by atoms with van der Waals surface area (Å²) >= 11 is 6.20. The Morgan fingerprint density at radius 1 is 1.32 bits per heavy atom. The molecule has 1 unspecified atom stereocenters. The minimum absolute atomic E-state index is 0.184. The minimum atomic E-state index is -0.184. The van der Waals surface area contributed by atoms with E-state index in [-0.39, 0.29) is 5.38 Å². The van der Waals surface area contributed by atoms with Gasteiger partial charge in [-0.25, -0.2) is 4.98 Å². The summed E-state index contributed by atoms with van der Waals surface area (Å²) in [5.41, 5.74) is 1.93. The second-order valence-corrected chi connectivity index (χ2v) is 5.05. The van der Waals surface area contributed by atoms with Gasteiger partial charge in [0, 0.05) is 0 Å². The minimum Gasteiger partial charge on any atom is -0.337 e. The predicted molar refractivity (Wildman–Crippen MR) is 72.1 cm³/mol. The smallest absolute Gasteiger partial charge is 0.246 e. The van der Waals surface area contributed by atoms with Gasteiger partial charge in [0.1, 0.15) is 12.4 Å². The van der Waals surface area contributed by atoms with Crippen molar-refractivity contribution in [2.24, 2.45) is 0 Å². The summed E-state index contributed by atoms with van der Waals surface area (Å²) in [6.07, 6.45) is 0. The summed E-state index contributed by atoms with van der Waals surface area (Å²) in [4.78, 5) is 8.78. The first-order valence-electron chi connectivity index (χ1n) is 6.03. The molecule has 1 atom stereocenters. The molecule has 3 aromatic rings. The summed E-state index contributed by atoms with van der Waals surface area (Å²) in [5.74, 6) is 1.98. The fourth-order valence-corrected chi connectivity index (χ4v) is 2.27. The van der Waals surface area contributed by atoms with Gasteiger partial charge in [-0.3, -0.25) is 0 Å². The van der Waals surface area contributed by atoms with Crippen LogP contribution in [-0.4, -0.2) is 19.7 Å². The molecule has 6 heteroatoms. The maximum atomic E-state index is 6.20. The monoisotopic (exact) mass is 276 g/mol. The molecule has 0 N–H and O–H groups in total. The first-order valence-corrected chi connectivity index (χ1v) is 6.47. The van der Waals surface area contributed by atoms with Gasteiger partial charge < -0.3 is 9.09 Å². The van der Waals surface area contributed by atoms with Gasteiger partial charge in [-0.15, -0.1) is 11.6 Å². The highest BCUT2D eigenvalue weighted by Crippen LogP contribution is 2.25. The number of aryl methyl sites for hydroxylation is 1. The van der Waals surface area contributed by atoms with E-state index in [2.05, 4.69) is 15.1 Å². The standard InChI is InChI=1S/C13H13ClN4O/c1-8(14)13-16-10-5-3-4-6-11(10)18(13)7-12-15-9(2)17-19-12/h3-6,8H,7H2,1-2H3. The lowest BCUT2D eigenvalue weighted by Crippen LogP contribution is -2.06. The number of alkyl halides is 1. The molecule has 0 spiro atoms. The van der Waals surface area contributed by atoms with E-state index in [0.29, 0.717) is 18.3 Å². The number of hydrogen-bond donors (Lipinski definition) is 0. The van der Waals surface area contributed by atoms with Crippen LogP contribution in [0.3, 0.4) is 0 Å². The lowest BCUT2D eigenvalue weighted by molar-refractivity contribution is 0.367. The normalized spacial score (nSPS) is 13.0. The van der Waals surface area contributed by atoms with E-state index < -0.39 is 0 Å². The Bertz CT molecular complexity index is 716. The molecule has 0 aliphatic rings. The number of nitrogens with zero attached hydrogens (tertiary/aromatic N) is 4. The third-order valence-corrected chi connectivity index (χ3v) is 3.10. The molecule has 0 aliphatic heterocycles. The largest absolute Gasteiger partial charge is 0.337 e. The van der Waals surface area contributed by atoms with Crippen molar-refractivity contribution in [1.82, 2.24) is 19.7 Å². The van der Waals surface area contributed by atoms with Crippen LogP contribution in [0.4, 0.5) is 0 Å². The number of para-hydroxylation sites is 2. The summed E-state index contributed by atoms with van der Waals surface area (Å²) in [5, 5.41) is 3.62. The van der Waals surface area contributed by atoms with Crippen LogP contribution in [0.15, 0.2) is 28.8 Å². The summed E-state index contributed by atoms with van der Waals surface area (Å²) in [6.45, 7) is 4.18. The Morgan fingerprint density at radius 3 is 2.79 bits per heavy atom. The van der Waals surface area contributed by atoms with E-state index in [1.54, 1.807) is 6.92 Å². The van der Waals surface area contributed by atoms with Crippen molar-refractivity contribution in [3.05, 3.63) is 41.8 Å². The van der Waals surface area contributed by atoms with Gasteiger partial charge in [-0.1, -0.05) is 17.3 Å². The quantitative estimate of drug-likeness (QED) is 0.690. The zero-order valence-corrected chi connectivity index (χ0v) is 11.4.